The van der Waals surface area contributed by atoms with Gasteiger partial charge in [-0.2, -0.15) is 0 Å². The Kier molecular flexibility index (Phi) is 4.89. The summed E-state index contributed by atoms with van der Waals surface area (Å²) in [7, 11) is -0.617. The van der Waals surface area contributed by atoms with Crippen LogP contribution in [0.5, 0.6) is 5.75 Å². The minimum Gasteiger partial charge on any atom is -0.489 e. The fourth-order valence-corrected chi connectivity index (χ4v) is 3.06. The Balaban J connectivity index is 1.85. The lowest BCUT2D eigenvalue weighted by Gasteiger charge is -2.32. The molecule has 3 rings (SSSR count). The molecule has 5 heteroatoms. The third kappa shape index (κ3) is 3.79. The molecule has 1 saturated heterocycles. The van der Waals surface area contributed by atoms with Gasteiger partial charge in [0.05, 0.1) is 11.2 Å². The largest absolute Gasteiger partial charge is 0.495 e. The monoisotopic (exact) mass is 356 g/mol. The number of hydrogen-bond acceptors (Lipinski definition) is 3. The van der Waals surface area contributed by atoms with Crippen LogP contribution in [-0.4, -0.2) is 18.3 Å². The number of ether oxygens (including phenoxy) is 1. The van der Waals surface area contributed by atoms with E-state index in [1.165, 1.54) is 12.1 Å². The van der Waals surface area contributed by atoms with Crippen LogP contribution < -0.4 is 10.2 Å². The van der Waals surface area contributed by atoms with Crippen LogP contribution in [0.3, 0.4) is 0 Å². The molecule has 0 atom stereocenters. The Morgan fingerprint density at radius 3 is 2.08 bits per heavy atom. The SMILES string of the molecule is Cc1cc(C)cc(OCc2ccc(F)cc2B2OC(C)(C)C(C)(C)O2)c1. The summed E-state index contributed by atoms with van der Waals surface area (Å²) in [6.45, 7) is 12.3. The second kappa shape index (κ2) is 6.71. The van der Waals surface area contributed by atoms with E-state index in [-0.39, 0.29) is 5.82 Å². The fourth-order valence-electron chi connectivity index (χ4n) is 3.06. The van der Waals surface area contributed by atoms with Crippen LogP contribution in [-0.2, 0) is 15.9 Å². The second-order valence-electron chi connectivity index (χ2n) is 8.04. The summed E-state index contributed by atoms with van der Waals surface area (Å²) in [6, 6.07) is 10.7. The standard InChI is InChI=1S/C21H26BFO3/c1-14-9-15(2)11-18(10-14)24-13-16-7-8-17(23)12-19(16)22-25-20(3,4)21(5,6)26-22/h7-12H,13H2,1-6H3. The van der Waals surface area contributed by atoms with Gasteiger partial charge >= 0.3 is 7.12 Å². The average molecular weight is 356 g/mol. The molecule has 0 radical (unpaired) electrons. The molecule has 0 saturated carbocycles. The van der Waals surface area contributed by atoms with E-state index in [0.29, 0.717) is 12.1 Å². The maximum absolute atomic E-state index is 13.9. The molecule has 0 N–H and O–H groups in total. The predicted molar refractivity (Wildman–Crippen MR) is 102 cm³/mol. The quantitative estimate of drug-likeness (QED) is 0.764. The molecule has 0 bridgehead atoms. The van der Waals surface area contributed by atoms with Crippen molar-refractivity contribution in [1.29, 1.82) is 0 Å². The number of aryl methyl sites for hydroxylation is 2. The Hall–Kier alpha value is -1.85. The first-order valence-electron chi connectivity index (χ1n) is 8.92. The molecular weight excluding hydrogens is 330 g/mol. The van der Waals surface area contributed by atoms with Crippen molar-refractivity contribution in [1.82, 2.24) is 0 Å². The zero-order valence-corrected chi connectivity index (χ0v) is 16.4. The van der Waals surface area contributed by atoms with Crippen LogP contribution in [0.25, 0.3) is 0 Å². The molecular formula is C21H26BFO3. The van der Waals surface area contributed by atoms with Gasteiger partial charge in [0, 0.05) is 0 Å². The third-order valence-electron chi connectivity index (χ3n) is 5.20. The third-order valence-corrected chi connectivity index (χ3v) is 5.20. The van der Waals surface area contributed by atoms with Crippen LogP contribution in [0.2, 0.25) is 0 Å². The van der Waals surface area contributed by atoms with E-state index in [1.54, 1.807) is 6.07 Å². The van der Waals surface area contributed by atoms with Gasteiger partial charge < -0.3 is 14.0 Å². The van der Waals surface area contributed by atoms with Crippen LogP contribution >= 0.6 is 0 Å². The van der Waals surface area contributed by atoms with Crippen molar-refractivity contribution < 1.29 is 18.4 Å². The van der Waals surface area contributed by atoms with Gasteiger partial charge in [0.25, 0.3) is 0 Å². The van der Waals surface area contributed by atoms with E-state index in [2.05, 4.69) is 6.07 Å². The van der Waals surface area contributed by atoms with E-state index in [4.69, 9.17) is 14.0 Å². The second-order valence-corrected chi connectivity index (χ2v) is 8.04. The maximum atomic E-state index is 13.9. The van der Waals surface area contributed by atoms with Crippen molar-refractivity contribution in [2.45, 2.75) is 59.4 Å². The van der Waals surface area contributed by atoms with Gasteiger partial charge in [0.2, 0.25) is 0 Å². The number of halogens is 1. The zero-order chi connectivity index (χ0) is 19.1. The molecule has 138 valence electrons. The number of benzene rings is 2. The van der Waals surface area contributed by atoms with Crippen molar-refractivity contribution in [2.75, 3.05) is 0 Å². The molecule has 0 amide bonds. The zero-order valence-electron chi connectivity index (χ0n) is 16.4. The summed E-state index contributed by atoms with van der Waals surface area (Å²) in [5.41, 5.74) is 2.86. The Bertz CT molecular complexity index is 781. The number of rotatable bonds is 4. The van der Waals surface area contributed by atoms with Crippen molar-refractivity contribution >= 4 is 12.6 Å². The highest BCUT2D eigenvalue weighted by molar-refractivity contribution is 6.62. The van der Waals surface area contributed by atoms with Crippen molar-refractivity contribution in [2.24, 2.45) is 0 Å². The summed E-state index contributed by atoms with van der Waals surface area (Å²) in [4.78, 5) is 0. The summed E-state index contributed by atoms with van der Waals surface area (Å²) >= 11 is 0. The van der Waals surface area contributed by atoms with Crippen LogP contribution in [0.15, 0.2) is 36.4 Å². The highest BCUT2D eigenvalue weighted by Gasteiger charge is 2.52. The van der Waals surface area contributed by atoms with Crippen LogP contribution in [0, 0.1) is 19.7 Å². The van der Waals surface area contributed by atoms with E-state index < -0.39 is 18.3 Å². The Labute approximate surface area is 155 Å². The average Bonchev–Trinajstić information content (AvgIpc) is 2.73. The summed E-state index contributed by atoms with van der Waals surface area (Å²) in [5, 5.41) is 0. The van der Waals surface area contributed by atoms with Gasteiger partial charge in [-0.1, -0.05) is 12.1 Å². The van der Waals surface area contributed by atoms with Gasteiger partial charge in [0.15, 0.2) is 0 Å². The van der Waals surface area contributed by atoms with Gasteiger partial charge in [-0.25, -0.2) is 4.39 Å². The van der Waals surface area contributed by atoms with Crippen LogP contribution in [0.4, 0.5) is 4.39 Å². The first-order valence-corrected chi connectivity index (χ1v) is 8.92. The molecule has 2 aromatic rings. The lowest BCUT2D eigenvalue weighted by Crippen LogP contribution is -2.41. The smallest absolute Gasteiger partial charge is 0.489 e. The molecule has 1 aliphatic heterocycles. The lowest BCUT2D eigenvalue weighted by atomic mass is 9.76. The van der Waals surface area contributed by atoms with Gasteiger partial charge in [-0.3, -0.25) is 0 Å². The molecule has 2 aromatic carbocycles. The van der Waals surface area contributed by atoms with Crippen molar-refractivity contribution in [3.63, 3.8) is 0 Å². The molecule has 0 aliphatic carbocycles. The van der Waals surface area contributed by atoms with Gasteiger partial charge in [-0.05, 0) is 88.0 Å². The molecule has 0 unspecified atom stereocenters. The molecule has 0 aromatic heterocycles. The first kappa shape index (κ1) is 18.9. The molecule has 1 heterocycles. The maximum Gasteiger partial charge on any atom is 0.495 e. The van der Waals surface area contributed by atoms with Gasteiger partial charge in [0.1, 0.15) is 18.2 Å². The van der Waals surface area contributed by atoms with Crippen molar-refractivity contribution in [3.05, 3.63) is 58.9 Å². The molecule has 3 nitrogen and oxygen atoms in total. The highest BCUT2D eigenvalue weighted by Crippen LogP contribution is 2.36. The van der Waals surface area contributed by atoms with E-state index in [0.717, 1.165) is 22.4 Å². The van der Waals surface area contributed by atoms with Crippen molar-refractivity contribution in [3.8, 4) is 5.75 Å². The summed E-state index contributed by atoms with van der Waals surface area (Å²) in [5.74, 6) is 0.483. The van der Waals surface area contributed by atoms with Gasteiger partial charge in [-0.15, -0.1) is 0 Å². The Morgan fingerprint density at radius 1 is 0.923 bits per heavy atom. The lowest BCUT2D eigenvalue weighted by molar-refractivity contribution is 0.00578. The van der Waals surface area contributed by atoms with E-state index in [9.17, 15) is 4.39 Å². The first-order chi connectivity index (χ1) is 12.1. The predicted octanol–water partition coefficient (Wildman–Crippen LogP) is 4.32. The minimum absolute atomic E-state index is 0.315. The molecule has 1 aliphatic rings. The normalized spacial score (nSPS) is 18.2. The summed E-state index contributed by atoms with van der Waals surface area (Å²) in [6.07, 6.45) is 0. The number of hydrogen-bond donors (Lipinski definition) is 0. The molecule has 26 heavy (non-hydrogen) atoms. The van der Waals surface area contributed by atoms with E-state index in [1.807, 2.05) is 53.7 Å². The topological polar surface area (TPSA) is 27.7 Å². The van der Waals surface area contributed by atoms with E-state index >= 15 is 0 Å². The fraction of sp³-hybridized carbons (Fsp3) is 0.429. The molecule has 0 spiro atoms. The Morgan fingerprint density at radius 2 is 1.50 bits per heavy atom. The van der Waals surface area contributed by atoms with Crippen LogP contribution in [0.1, 0.15) is 44.4 Å². The highest BCUT2D eigenvalue weighted by atomic mass is 19.1. The molecule has 1 fully saturated rings. The minimum atomic E-state index is -0.617. The summed E-state index contributed by atoms with van der Waals surface area (Å²) < 4.78 is 32.1.